The molecule has 2 aromatic carbocycles. The molecule has 0 bridgehead atoms. The molecule has 32 heavy (non-hydrogen) atoms. The fourth-order valence-corrected chi connectivity index (χ4v) is 3.88. The van der Waals surface area contributed by atoms with Crippen LogP contribution in [0.25, 0.3) is 0 Å². The Bertz CT molecular complexity index is 804. The quantitative estimate of drug-likeness (QED) is 0.367. The number of aromatic hydroxyl groups is 2. The summed E-state index contributed by atoms with van der Waals surface area (Å²) >= 11 is 0. The molecule has 178 valence electrons. The number of phenolic OH excluding ortho intramolecular Hbond substituents is 2. The molecule has 0 aliphatic carbocycles. The predicted molar refractivity (Wildman–Crippen MR) is 134 cm³/mol. The number of hydrogen-bond donors (Lipinski definition) is 3. The van der Waals surface area contributed by atoms with Gasteiger partial charge in [-0.05, 0) is 56.1 Å². The third kappa shape index (κ3) is 8.71. The van der Waals surface area contributed by atoms with Crippen molar-refractivity contribution in [3.05, 3.63) is 59.2 Å². The second-order valence-electron chi connectivity index (χ2n) is 8.84. The number of halogens is 1. The predicted octanol–water partition coefficient (Wildman–Crippen LogP) is 5.44. The Morgan fingerprint density at radius 2 is 1.66 bits per heavy atom. The minimum atomic E-state index is -0.629. The molecule has 0 spiro atoms. The monoisotopic (exact) mass is 462 g/mol. The van der Waals surface area contributed by atoms with Crippen LogP contribution in [0, 0.1) is 5.92 Å². The number of carbonyl (C=O) groups is 1. The topological polar surface area (TPSA) is 72.8 Å². The van der Waals surface area contributed by atoms with Crippen molar-refractivity contribution < 1.29 is 15.0 Å². The average Bonchev–Trinajstić information content (AvgIpc) is 2.71. The summed E-state index contributed by atoms with van der Waals surface area (Å²) in [6.45, 7) is 4.69. The van der Waals surface area contributed by atoms with Crippen LogP contribution >= 0.6 is 12.4 Å². The number of phenols is 2. The Morgan fingerprint density at radius 3 is 2.22 bits per heavy atom. The van der Waals surface area contributed by atoms with Gasteiger partial charge in [0.15, 0.2) is 0 Å². The van der Waals surface area contributed by atoms with E-state index in [9.17, 15) is 15.0 Å². The van der Waals surface area contributed by atoms with Crippen molar-refractivity contribution in [3.63, 3.8) is 0 Å². The summed E-state index contributed by atoms with van der Waals surface area (Å²) in [6, 6.07) is 12.2. The molecule has 0 saturated carbocycles. The van der Waals surface area contributed by atoms with Crippen LogP contribution in [0.1, 0.15) is 68.7 Å². The molecular formula is C26H39ClN2O3. The Hall–Kier alpha value is -2.24. The van der Waals surface area contributed by atoms with Gasteiger partial charge in [-0.1, -0.05) is 69.9 Å². The third-order valence-electron chi connectivity index (χ3n) is 5.61. The number of unbranched alkanes of at least 4 members (excludes halogenated alkanes) is 2. The lowest BCUT2D eigenvalue weighted by Gasteiger charge is -2.23. The number of carbonyl (C=O) groups excluding carboxylic acids is 1. The van der Waals surface area contributed by atoms with Crippen LogP contribution in [0.2, 0.25) is 0 Å². The van der Waals surface area contributed by atoms with Crippen molar-refractivity contribution in [2.75, 3.05) is 20.6 Å². The fraction of sp³-hybridized carbons (Fsp3) is 0.500. The minimum absolute atomic E-state index is 0. The van der Waals surface area contributed by atoms with E-state index in [1.165, 1.54) is 25.7 Å². The van der Waals surface area contributed by atoms with Gasteiger partial charge in [0.05, 0.1) is 18.2 Å². The van der Waals surface area contributed by atoms with Crippen LogP contribution in [0.5, 0.6) is 11.5 Å². The van der Waals surface area contributed by atoms with E-state index in [4.69, 9.17) is 0 Å². The number of nitrogens with one attached hydrogen (secondary N) is 1. The van der Waals surface area contributed by atoms with Crippen molar-refractivity contribution in [2.45, 2.75) is 58.4 Å². The van der Waals surface area contributed by atoms with Gasteiger partial charge in [0, 0.05) is 0 Å². The van der Waals surface area contributed by atoms with Gasteiger partial charge in [-0.2, -0.15) is 0 Å². The first-order valence-corrected chi connectivity index (χ1v) is 11.4. The second kappa shape index (κ2) is 14.0. The molecule has 2 atom stereocenters. The van der Waals surface area contributed by atoms with Crippen LogP contribution in [0.3, 0.4) is 0 Å². The minimum Gasteiger partial charge on any atom is -0.507 e. The zero-order valence-corrected chi connectivity index (χ0v) is 20.6. The van der Waals surface area contributed by atoms with Crippen LogP contribution in [-0.2, 0) is 11.2 Å². The van der Waals surface area contributed by atoms with Crippen molar-refractivity contribution in [2.24, 2.45) is 5.92 Å². The normalized spacial score (nSPS) is 12.8. The molecule has 2 unspecified atom stereocenters. The van der Waals surface area contributed by atoms with Gasteiger partial charge < -0.3 is 20.4 Å². The highest BCUT2D eigenvalue weighted by Gasteiger charge is 2.24. The highest BCUT2D eigenvalue weighted by Crippen LogP contribution is 2.38. The van der Waals surface area contributed by atoms with E-state index in [1.807, 2.05) is 44.4 Å². The lowest BCUT2D eigenvalue weighted by atomic mass is 9.92. The highest BCUT2D eigenvalue weighted by atomic mass is 35.5. The largest absolute Gasteiger partial charge is 0.507 e. The lowest BCUT2D eigenvalue weighted by Crippen LogP contribution is -2.36. The Labute approximate surface area is 199 Å². The highest BCUT2D eigenvalue weighted by molar-refractivity contribution is 5.85. The zero-order valence-electron chi connectivity index (χ0n) is 19.8. The van der Waals surface area contributed by atoms with E-state index >= 15 is 0 Å². The summed E-state index contributed by atoms with van der Waals surface area (Å²) in [7, 11) is 3.65. The van der Waals surface area contributed by atoms with Crippen molar-refractivity contribution >= 4 is 18.3 Å². The van der Waals surface area contributed by atoms with Gasteiger partial charge in [0.2, 0.25) is 5.91 Å². The maximum absolute atomic E-state index is 12.5. The van der Waals surface area contributed by atoms with Gasteiger partial charge in [-0.3, -0.25) is 4.79 Å². The molecule has 0 aliphatic rings. The molecule has 0 fully saturated rings. The molecule has 0 aromatic heterocycles. The van der Waals surface area contributed by atoms with Gasteiger partial charge in [0.1, 0.15) is 11.5 Å². The van der Waals surface area contributed by atoms with Gasteiger partial charge in [0.25, 0.3) is 0 Å². The van der Waals surface area contributed by atoms with Crippen molar-refractivity contribution in [1.82, 2.24) is 10.2 Å². The van der Waals surface area contributed by atoms with Crippen LogP contribution in [0.15, 0.2) is 42.5 Å². The molecule has 2 aromatic rings. The molecule has 6 heteroatoms. The third-order valence-corrected chi connectivity index (χ3v) is 5.61. The van der Waals surface area contributed by atoms with Gasteiger partial charge >= 0.3 is 0 Å². The summed E-state index contributed by atoms with van der Waals surface area (Å²) in [5.41, 5.74) is 2.04. The fourth-order valence-electron chi connectivity index (χ4n) is 3.88. The molecule has 5 nitrogen and oxygen atoms in total. The maximum atomic E-state index is 12.5. The number of hydrogen-bond acceptors (Lipinski definition) is 4. The van der Waals surface area contributed by atoms with E-state index in [2.05, 4.69) is 19.2 Å². The Morgan fingerprint density at radius 1 is 1.03 bits per heavy atom. The average molecular weight is 463 g/mol. The van der Waals surface area contributed by atoms with Crippen molar-refractivity contribution in [3.8, 4) is 11.5 Å². The summed E-state index contributed by atoms with van der Waals surface area (Å²) in [5, 5.41) is 24.6. The number of likely N-dealkylation sites (N-methyl/N-ethyl adjacent to an activating group) is 1. The number of amides is 1. The van der Waals surface area contributed by atoms with Crippen LogP contribution < -0.4 is 5.32 Å². The molecule has 0 heterocycles. The number of aryl methyl sites for hydroxylation is 1. The number of benzene rings is 2. The summed E-state index contributed by atoms with van der Waals surface area (Å²) in [5.74, 6) is 0.445. The lowest BCUT2D eigenvalue weighted by molar-refractivity contribution is -0.122. The molecule has 1 amide bonds. The SMILES string of the molecule is CCCCCC(C)CCc1cc(O)c(C(NC(=O)CN(C)C)c2ccccc2)c(O)c1.Cl. The first kappa shape index (κ1) is 27.8. The van der Waals surface area contributed by atoms with E-state index < -0.39 is 6.04 Å². The summed E-state index contributed by atoms with van der Waals surface area (Å²) in [4.78, 5) is 14.2. The zero-order chi connectivity index (χ0) is 22.8. The standard InChI is InChI=1S/C26H38N2O3.ClH/c1-5-6-8-11-19(2)14-15-20-16-22(29)25(23(30)17-20)26(21-12-9-7-10-13-21)27-24(31)18-28(3)4;/h7,9-10,12-13,16-17,19,26,29-30H,5-6,8,11,14-15,18H2,1-4H3,(H,27,31);1H. The molecule has 0 aliphatic heterocycles. The summed E-state index contributed by atoms with van der Waals surface area (Å²) in [6.07, 6.45) is 6.77. The van der Waals surface area contributed by atoms with E-state index in [0.29, 0.717) is 11.5 Å². The summed E-state index contributed by atoms with van der Waals surface area (Å²) < 4.78 is 0. The number of rotatable bonds is 12. The molecule has 2 rings (SSSR count). The van der Waals surface area contributed by atoms with Crippen molar-refractivity contribution in [1.29, 1.82) is 0 Å². The van der Waals surface area contributed by atoms with Gasteiger partial charge in [-0.25, -0.2) is 0 Å². The Balaban J connectivity index is 0.00000512. The maximum Gasteiger partial charge on any atom is 0.234 e. The molecule has 3 N–H and O–H groups in total. The first-order chi connectivity index (χ1) is 14.8. The first-order valence-electron chi connectivity index (χ1n) is 11.4. The van der Waals surface area contributed by atoms with Crippen LogP contribution in [0.4, 0.5) is 0 Å². The Kier molecular flexibility index (Phi) is 12.2. The number of nitrogens with zero attached hydrogens (tertiary/aromatic N) is 1. The van der Waals surface area contributed by atoms with E-state index in [-0.39, 0.29) is 36.4 Å². The smallest absolute Gasteiger partial charge is 0.234 e. The van der Waals surface area contributed by atoms with E-state index in [1.54, 1.807) is 17.0 Å². The molecule has 0 saturated heterocycles. The second-order valence-corrected chi connectivity index (χ2v) is 8.84. The van der Waals surface area contributed by atoms with Gasteiger partial charge in [-0.15, -0.1) is 12.4 Å². The molecular weight excluding hydrogens is 424 g/mol. The van der Waals surface area contributed by atoms with Crippen LogP contribution in [-0.4, -0.2) is 41.7 Å². The molecule has 0 radical (unpaired) electrons. The van der Waals surface area contributed by atoms with E-state index in [0.717, 1.165) is 24.0 Å².